The van der Waals surface area contributed by atoms with Crippen molar-refractivity contribution in [3.63, 3.8) is 0 Å². The van der Waals surface area contributed by atoms with E-state index in [-0.39, 0.29) is 18.1 Å². The Morgan fingerprint density at radius 2 is 2.47 bits per heavy atom. The molecule has 0 spiro atoms. The van der Waals surface area contributed by atoms with Crippen LogP contribution in [0.25, 0.3) is 0 Å². The third-order valence-electron chi connectivity index (χ3n) is 3.68. The van der Waals surface area contributed by atoms with E-state index in [0.29, 0.717) is 25.7 Å². The van der Waals surface area contributed by atoms with Gasteiger partial charge in [0.05, 0.1) is 30.9 Å². The largest absolute Gasteiger partial charge is 0.379 e. The quantitative estimate of drug-likeness (QED) is 0.796. The van der Waals surface area contributed by atoms with Crippen molar-refractivity contribution in [3.8, 4) is 0 Å². The van der Waals surface area contributed by atoms with Gasteiger partial charge in [0.25, 0.3) is 5.91 Å². The summed E-state index contributed by atoms with van der Waals surface area (Å²) in [5, 5.41) is 3.83. The SMILES string of the molecule is CO[C@H]1CN(C(=O)c2ccsc2)[C@@H]2COC[C@H]12. The first-order valence-corrected chi connectivity index (χ1v) is 6.69. The van der Waals surface area contributed by atoms with E-state index in [2.05, 4.69) is 0 Å². The lowest BCUT2D eigenvalue weighted by molar-refractivity contribution is 0.0479. The fraction of sp³-hybridized carbons (Fsp3) is 0.583. The van der Waals surface area contributed by atoms with Crippen LogP contribution in [0.5, 0.6) is 0 Å². The van der Waals surface area contributed by atoms with Gasteiger partial charge < -0.3 is 14.4 Å². The minimum Gasteiger partial charge on any atom is -0.379 e. The standard InChI is InChI=1S/C12H15NO3S/c1-15-11-4-13(10-6-16-5-9(10)11)12(14)8-2-3-17-7-8/h2-3,7,9-11H,4-6H2,1H3/t9-,10+,11-/m0/s1. The second-order valence-electron chi connectivity index (χ2n) is 4.51. The molecule has 0 bridgehead atoms. The molecule has 1 amide bonds. The molecule has 0 saturated carbocycles. The average Bonchev–Trinajstić information content (AvgIpc) is 3.05. The van der Waals surface area contributed by atoms with E-state index in [9.17, 15) is 4.79 Å². The number of likely N-dealkylation sites (tertiary alicyclic amines) is 1. The van der Waals surface area contributed by atoms with Gasteiger partial charge >= 0.3 is 0 Å². The highest BCUT2D eigenvalue weighted by atomic mass is 32.1. The molecule has 4 nitrogen and oxygen atoms in total. The Hall–Kier alpha value is -0.910. The lowest BCUT2D eigenvalue weighted by Crippen LogP contribution is -2.37. The van der Waals surface area contributed by atoms with Crippen LogP contribution in [-0.2, 0) is 9.47 Å². The molecular weight excluding hydrogens is 238 g/mol. The third kappa shape index (κ3) is 1.78. The van der Waals surface area contributed by atoms with Crippen LogP contribution in [0.3, 0.4) is 0 Å². The van der Waals surface area contributed by atoms with Crippen LogP contribution in [0.2, 0.25) is 0 Å². The second kappa shape index (κ2) is 4.40. The van der Waals surface area contributed by atoms with Crippen LogP contribution in [0.1, 0.15) is 10.4 Å². The molecule has 1 aromatic heterocycles. The van der Waals surface area contributed by atoms with Crippen molar-refractivity contribution in [1.82, 2.24) is 4.90 Å². The van der Waals surface area contributed by atoms with Crippen molar-refractivity contribution in [3.05, 3.63) is 22.4 Å². The first-order chi connectivity index (χ1) is 8.31. The zero-order valence-electron chi connectivity index (χ0n) is 9.67. The Bertz CT molecular complexity index is 406. The van der Waals surface area contributed by atoms with E-state index in [1.165, 1.54) is 0 Å². The number of carbonyl (C=O) groups is 1. The molecule has 3 heterocycles. The van der Waals surface area contributed by atoms with Crippen molar-refractivity contribution in [1.29, 1.82) is 0 Å². The molecule has 0 radical (unpaired) electrons. The topological polar surface area (TPSA) is 38.8 Å². The van der Waals surface area contributed by atoms with Gasteiger partial charge in [0, 0.05) is 25.0 Å². The zero-order valence-corrected chi connectivity index (χ0v) is 10.5. The molecule has 2 aliphatic heterocycles. The molecule has 2 fully saturated rings. The summed E-state index contributed by atoms with van der Waals surface area (Å²) in [6.45, 7) is 2.03. The van der Waals surface area contributed by atoms with Crippen molar-refractivity contribution in [2.45, 2.75) is 12.1 Å². The summed E-state index contributed by atoms with van der Waals surface area (Å²) in [5.74, 6) is 0.439. The fourth-order valence-electron chi connectivity index (χ4n) is 2.74. The van der Waals surface area contributed by atoms with Gasteiger partial charge in [-0.1, -0.05) is 0 Å². The summed E-state index contributed by atoms with van der Waals surface area (Å²) < 4.78 is 10.9. The summed E-state index contributed by atoms with van der Waals surface area (Å²) in [7, 11) is 1.71. The van der Waals surface area contributed by atoms with Gasteiger partial charge in [0.2, 0.25) is 0 Å². The molecule has 17 heavy (non-hydrogen) atoms. The molecular formula is C12H15NO3S. The maximum absolute atomic E-state index is 12.3. The molecule has 5 heteroatoms. The van der Waals surface area contributed by atoms with Gasteiger partial charge in [-0.05, 0) is 11.4 Å². The number of hydrogen-bond acceptors (Lipinski definition) is 4. The number of methoxy groups -OCH3 is 1. The molecule has 2 saturated heterocycles. The average molecular weight is 253 g/mol. The number of ether oxygens (including phenoxy) is 2. The van der Waals surface area contributed by atoms with Crippen LogP contribution in [0.15, 0.2) is 16.8 Å². The lowest BCUT2D eigenvalue weighted by atomic mass is 10.0. The van der Waals surface area contributed by atoms with Crippen LogP contribution < -0.4 is 0 Å². The highest BCUT2D eigenvalue weighted by Gasteiger charge is 2.47. The van der Waals surface area contributed by atoms with Crippen molar-refractivity contribution < 1.29 is 14.3 Å². The summed E-state index contributed by atoms with van der Waals surface area (Å²) in [6.07, 6.45) is 0.116. The highest BCUT2D eigenvalue weighted by Crippen LogP contribution is 2.32. The number of carbonyl (C=O) groups excluding carboxylic acids is 1. The maximum Gasteiger partial charge on any atom is 0.255 e. The van der Waals surface area contributed by atoms with Gasteiger partial charge in [-0.2, -0.15) is 11.3 Å². The number of fused-ring (bicyclic) bond motifs is 1. The number of thiophene rings is 1. The molecule has 1 aromatic rings. The van der Waals surface area contributed by atoms with Gasteiger partial charge in [0.1, 0.15) is 0 Å². The minimum absolute atomic E-state index is 0.103. The summed E-state index contributed by atoms with van der Waals surface area (Å²) in [4.78, 5) is 14.2. The fourth-order valence-corrected chi connectivity index (χ4v) is 3.36. The molecule has 0 aliphatic carbocycles. The van der Waals surface area contributed by atoms with E-state index in [1.807, 2.05) is 21.7 Å². The van der Waals surface area contributed by atoms with Crippen molar-refractivity contribution in [2.24, 2.45) is 5.92 Å². The van der Waals surface area contributed by atoms with Crippen LogP contribution >= 0.6 is 11.3 Å². The smallest absolute Gasteiger partial charge is 0.255 e. The number of hydrogen-bond donors (Lipinski definition) is 0. The van der Waals surface area contributed by atoms with Crippen molar-refractivity contribution >= 4 is 17.2 Å². The van der Waals surface area contributed by atoms with Gasteiger partial charge in [-0.15, -0.1) is 0 Å². The maximum atomic E-state index is 12.3. The van der Waals surface area contributed by atoms with E-state index in [1.54, 1.807) is 18.4 Å². The second-order valence-corrected chi connectivity index (χ2v) is 5.29. The first kappa shape index (κ1) is 11.2. The molecule has 0 N–H and O–H groups in total. The van der Waals surface area contributed by atoms with E-state index in [0.717, 1.165) is 5.56 Å². The minimum atomic E-state index is 0.103. The predicted octanol–water partition coefficient (Wildman–Crippen LogP) is 1.23. The molecule has 0 unspecified atom stereocenters. The van der Waals surface area contributed by atoms with Crippen LogP contribution in [-0.4, -0.2) is 49.8 Å². The molecule has 2 aliphatic rings. The van der Waals surface area contributed by atoms with Crippen molar-refractivity contribution in [2.75, 3.05) is 26.9 Å². The summed E-state index contributed by atoms with van der Waals surface area (Å²) in [5.41, 5.74) is 0.775. The predicted molar refractivity (Wildman–Crippen MR) is 64.2 cm³/mol. The van der Waals surface area contributed by atoms with Gasteiger partial charge in [0.15, 0.2) is 0 Å². The monoisotopic (exact) mass is 253 g/mol. The molecule has 3 rings (SSSR count). The summed E-state index contributed by atoms with van der Waals surface area (Å²) in [6, 6.07) is 2.06. The Balaban J connectivity index is 1.82. The summed E-state index contributed by atoms with van der Waals surface area (Å²) >= 11 is 1.55. The molecule has 3 atom stereocenters. The van der Waals surface area contributed by atoms with Gasteiger partial charge in [-0.25, -0.2) is 0 Å². The Labute approximate surface area is 104 Å². The van der Waals surface area contributed by atoms with Gasteiger partial charge in [-0.3, -0.25) is 4.79 Å². The molecule has 92 valence electrons. The lowest BCUT2D eigenvalue weighted by Gasteiger charge is -2.21. The van der Waals surface area contributed by atoms with E-state index < -0.39 is 0 Å². The van der Waals surface area contributed by atoms with E-state index >= 15 is 0 Å². The highest BCUT2D eigenvalue weighted by molar-refractivity contribution is 7.08. The van der Waals surface area contributed by atoms with Crippen LogP contribution in [0, 0.1) is 5.92 Å². The van der Waals surface area contributed by atoms with E-state index in [4.69, 9.17) is 9.47 Å². The Morgan fingerprint density at radius 3 is 3.18 bits per heavy atom. The Kier molecular flexibility index (Phi) is 2.90. The Morgan fingerprint density at radius 1 is 1.59 bits per heavy atom. The third-order valence-corrected chi connectivity index (χ3v) is 4.36. The molecule has 0 aromatic carbocycles. The first-order valence-electron chi connectivity index (χ1n) is 5.75. The number of rotatable bonds is 2. The number of nitrogens with zero attached hydrogens (tertiary/aromatic N) is 1. The normalized spacial score (nSPS) is 31.8. The number of amides is 1. The zero-order chi connectivity index (χ0) is 11.8. The van der Waals surface area contributed by atoms with Crippen LogP contribution in [0.4, 0.5) is 0 Å².